The molecule has 1 atom stereocenters. The van der Waals surface area contributed by atoms with Gasteiger partial charge in [-0.2, -0.15) is 0 Å². The molecule has 0 fully saturated rings. The molecule has 90 valence electrons. The SMILES string of the molecule is Cc1sc(C(O)c2ccc(Cl)cc2F)cc1Br. The Kier molecular flexibility index (Phi) is 3.88. The molecule has 2 rings (SSSR count). The monoisotopic (exact) mass is 334 g/mol. The fourth-order valence-electron chi connectivity index (χ4n) is 1.49. The number of aliphatic hydroxyl groups is 1. The fraction of sp³-hybridized carbons (Fsp3) is 0.167. The molecule has 1 heterocycles. The number of aryl methyl sites for hydroxylation is 1. The van der Waals surface area contributed by atoms with Crippen molar-refractivity contribution in [3.05, 3.63) is 54.9 Å². The van der Waals surface area contributed by atoms with E-state index in [1.165, 1.54) is 23.5 Å². The predicted octanol–water partition coefficient (Wildman–Crippen LogP) is 4.69. The minimum absolute atomic E-state index is 0.239. The summed E-state index contributed by atoms with van der Waals surface area (Å²) < 4.78 is 14.6. The number of hydrogen-bond donors (Lipinski definition) is 1. The molecule has 5 heteroatoms. The molecule has 0 radical (unpaired) electrons. The molecule has 1 aromatic heterocycles. The Labute approximate surface area is 116 Å². The third-order valence-corrected chi connectivity index (χ3v) is 4.83. The van der Waals surface area contributed by atoms with Gasteiger partial charge in [0.25, 0.3) is 0 Å². The lowest BCUT2D eigenvalue weighted by Gasteiger charge is -2.10. The van der Waals surface area contributed by atoms with Gasteiger partial charge in [-0.25, -0.2) is 4.39 Å². The van der Waals surface area contributed by atoms with Gasteiger partial charge < -0.3 is 5.11 Å². The van der Waals surface area contributed by atoms with Gasteiger partial charge in [0.05, 0.1) is 0 Å². The summed E-state index contributed by atoms with van der Waals surface area (Å²) >= 11 is 10.5. The van der Waals surface area contributed by atoms with Crippen molar-refractivity contribution in [3.8, 4) is 0 Å². The Hall–Kier alpha value is -0.420. The molecule has 0 amide bonds. The van der Waals surface area contributed by atoms with Crippen molar-refractivity contribution in [2.45, 2.75) is 13.0 Å². The summed E-state index contributed by atoms with van der Waals surface area (Å²) in [6, 6.07) is 6.08. The Balaban J connectivity index is 2.39. The van der Waals surface area contributed by atoms with Crippen molar-refractivity contribution in [1.82, 2.24) is 0 Å². The van der Waals surface area contributed by atoms with E-state index < -0.39 is 11.9 Å². The lowest BCUT2D eigenvalue weighted by molar-refractivity contribution is 0.218. The summed E-state index contributed by atoms with van der Waals surface area (Å²) in [5, 5.41) is 10.4. The molecule has 0 aliphatic heterocycles. The van der Waals surface area contributed by atoms with Gasteiger partial charge in [0.15, 0.2) is 0 Å². The molecule has 1 aromatic carbocycles. The van der Waals surface area contributed by atoms with Crippen molar-refractivity contribution in [2.75, 3.05) is 0 Å². The minimum atomic E-state index is -0.956. The number of thiophene rings is 1. The van der Waals surface area contributed by atoms with E-state index >= 15 is 0 Å². The Morgan fingerprint density at radius 1 is 1.41 bits per heavy atom. The molecule has 0 bridgehead atoms. The molecular formula is C12H9BrClFOS. The molecule has 1 N–H and O–H groups in total. The Bertz CT molecular complexity index is 536. The van der Waals surface area contributed by atoms with Crippen LogP contribution in [-0.4, -0.2) is 5.11 Å². The normalized spacial score (nSPS) is 12.8. The zero-order valence-electron chi connectivity index (χ0n) is 8.88. The summed E-state index contributed by atoms with van der Waals surface area (Å²) in [4.78, 5) is 1.75. The fourth-order valence-corrected chi connectivity index (χ4v) is 3.22. The molecule has 0 aliphatic carbocycles. The zero-order valence-corrected chi connectivity index (χ0v) is 12.0. The molecule has 1 unspecified atom stereocenters. The van der Waals surface area contributed by atoms with E-state index in [2.05, 4.69) is 15.9 Å². The van der Waals surface area contributed by atoms with Crippen LogP contribution >= 0.6 is 38.9 Å². The van der Waals surface area contributed by atoms with E-state index in [1.807, 2.05) is 6.92 Å². The molecule has 0 saturated carbocycles. The molecule has 0 spiro atoms. The largest absolute Gasteiger partial charge is 0.383 e. The molecule has 17 heavy (non-hydrogen) atoms. The molecule has 0 aliphatic rings. The molecule has 2 aromatic rings. The summed E-state index contributed by atoms with van der Waals surface area (Å²) in [5.41, 5.74) is 0.239. The van der Waals surface area contributed by atoms with E-state index in [0.717, 1.165) is 9.35 Å². The van der Waals surface area contributed by atoms with E-state index in [1.54, 1.807) is 12.1 Å². The van der Waals surface area contributed by atoms with Crippen molar-refractivity contribution in [1.29, 1.82) is 0 Å². The topological polar surface area (TPSA) is 20.2 Å². The highest BCUT2D eigenvalue weighted by Gasteiger charge is 2.18. The number of benzene rings is 1. The van der Waals surface area contributed by atoms with Crippen LogP contribution < -0.4 is 0 Å². The van der Waals surface area contributed by atoms with Crippen LogP contribution in [-0.2, 0) is 0 Å². The summed E-state index contributed by atoms with van der Waals surface area (Å²) in [7, 11) is 0. The van der Waals surface area contributed by atoms with Crippen molar-refractivity contribution in [2.24, 2.45) is 0 Å². The quantitative estimate of drug-likeness (QED) is 0.844. The average Bonchev–Trinajstić information content (AvgIpc) is 2.58. The Morgan fingerprint density at radius 2 is 2.12 bits per heavy atom. The average molecular weight is 336 g/mol. The number of aliphatic hydroxyl groups excluding tert-OH is 1. The first-order valence-electron chi connectivity index (χ1n) is 4.88. The van der Waals surface area contributed by atoms with Gasteiger partial charge in [-0.15, -0.1) is 11.3 Å². The van der Waals surface area contributed by atoms with Crippen LogP contribution in [0.1, 0.15) is 21.4 Å². The van der Waals surface area contributed by atoms with Crippen molar-refractivity contribution in [3.63, 3.8) is 0 Å². The lowest BCUT2D eigenvalue weighted by Crippen LogP contribution is -2.00. The van der Waals surface area contributed by atoms with Crippen LogP contribution in [0.3, 0.4) is 0 Å². The van der Waals surface area contributed by atoms with E-state index in [4.69, 9.17) is 11.6 Å². The van der Waals surface area contributed by atoms with Gasteiger partial charge in [-0.3, -0.25) is 0 Å². The molecular weight excluding hydrogens is 327 g/mol. The number of hydrogen-bond acceptors (Lipinski definition) is 2. The van der Waals surface area contributed by atoms with Crippen molar-refractivity contribution < 1.29 is 9.50 Å². The second-order valence-electron chi connectivity index (χ2n) is 3.62. The summed E-state index contributed by atoms with van der Waals surface area (Å²) in [6.07, 6.45) is -0.956. The van der Waals surface area contributed by atoms with Gasteiger partial charge in [-0.1, -0.05) is 17.7 Å². The van der Waals surface area contributed by atoms with Crippen LogP contribution in [0.4, 0.5) is 4.39 Å². The van der Waals surface area contributed by atoms with Crippen LogP contribution in [0.15, 0.2) is 28.7 Å². The predicted molar refractivity (Wildman–Crippen MR) is 72.2 cm³/mol. The number of halogens is 3. The highest BCUT2D eigenvalue weighted by atomic mass is 79.9. The first-order valence-corrected chi connectivity index (χ1v) is 6.86. The highest BCUT2D eigenvalue weighted by molar-refractivity contribution is 9.10. The second kappa shape index (κ2) is 5.06. The second-order valence-corrected chi connectivity index (χ2v) is 6.20. The van der Waals surface area contributed by atoms with Gasteiger partial charge in [0.2, 0.25) is 0 Å². The van der Waals surface area contributed by atoms with Crippen LogP contribution in [0.25, 0.3) is 0 Å². The standard InChI is InChI=1S/C12H9BrClFOS/c1-6-9(13)5-11(17-6)12(16)8-3-2-7(14)4-10(8)15/h2-5,12,16H,1H3. The number of rotatable bonds is 2. The summed E-state index contributed by atoms with van der Waals surface area (Å²) in [5.74, 6) is -0.493. The highest BCUT2D eigenvalue weighted by Crippen LogP contribution is 2.34. The van der Waals surface area contributed by atoms with E-state index in [9.17, 15) is 9.50 Å². The summed E-state index contributed by atoms with van der Waals surface area (Å²) in [6.45, 7) is 1.93. The van der Waals surface area contributed by atoms with Gasteiger partial charge >= 0.3 is 0 Å². The van der Waals surface area contributed by atoms with Crippen LogP contribution in [0.5, 0.6) is 0 Å². The lowest BCUT2D eigenvalue weighted by atomic mass is 10.1. The maximum absolute atomic E-state index is 13.6. The van der Waals surface area contributed by atoms with Crippen LogP contribution in [0.2, 0.25) is 5.02 Å². The maximum Gasteiger partial charge on any atom is 0.130 e. The van der Waals surface area contributed by atoms with Gasteiger partial charge in [0.1, 0.15) is 11.9 Å². The Morgan fingerprint density at radius 3 is 2.65 bits per heavy atom. The smallest absolute Gasteiger partial charge is 0.130 e. The first kappa shape index (κ1) is 13.0. The zero-order chi connectivity index (χ0) is 12.6. The first-order chi connectivity index (χ1) is 7.99. The third-order valence-electron chi connectivity index (χ3n) is 2.40. The maximum atomic E-state index is 13.6. The van der Waals surface area contributed by atoms with Gasteiger partial charge in [0, 0.05) is 24.8 Å². The van der Waals surface area contributed by atoms with Gasteiger partial charge in [-0.05, 0) is 41.1 Å². The third kappa shape index (κ3) is 2.71. The molecule has 1 nitrogen and oxygen atoms in total. The van der Waals surface area contributed by atoms with E-state index in [0.29, 0.717) is 9.90 Å². The van der Waals surface area contributed by atoms with E-state index in [-0.39, 0.29) is 5.56 Å². The van der Waals surface area contributed by atoms with Crippen molar-refractivity contribution >= 4 is 38.9 Å². The minimum Gasteiger partial charge on any atom is -0.383 e. The molecule has 0 saturated heterocycles. The van der Waals surface area contributed by atoms with Crippen LogP contribution in [0, 0.1) is 12.7 Å².